The normalized spacial score (nSPS) is 16.2. The van der Waals surface area contributed by atoms with Crippen molar-refractivity contribution in [3.8, 4) is 0 Å². The van der Waals surface area contributed by atoms with Gasteiger partial charge in [0.25, 0.3) is 0 Å². The van der Waals surface area contributed by atoms with Gasteiger partial charge in [0.1, 0.15) is 5.82 Å². The van der Waals surface area contributed by atoms with Crippen LogP contribution >= 0.6 is 11.6 Å². The first-order valence-corrected chi connectivity index (χ1v) is 6.38. The van der Waals surface area contributed by atoms with E-state index in [2.05, 4.69) is 25.4 Å². The Balaban J connectivity index is 2.07. The number of aromatic nitrogens is 3. The summed E-state index contributed by atoms with van der Waals surface area (Å²) in [5.41, 5.74) is 0.855. The molecule has 0 radical (unpaired) electrons. The SMILES string of the molecule is Cc1nnc(Cl)c2cc(N3CCNCC3)ncc12. The molecule has 0 spiro atoms. The molecule has 6 heteroatoms. The van der Waals surface area contributed by atoms with Crippen molar-refractivity contribution < 1.29 is 0 Å². The number of anilines is 1. The van der Waals surface area contributed by atoms with Crippen LogP contribution in [0.3, 0.4) is 0 Å². The van der Waals surface area contributed by atoms with Crippen LogP contribution in [0, 0.1) is 6.92 Å². The maximum Gasteiger partial charge on any atom is 0.159 e. The van der Waals surface area contributed by atoms with E-state index in [1.165, 1.54) is 0 Å². The molecule has 1 saturated heterocycles. The van der Waals surface area contributed by atoms with E-state index in [-0.39, 0.29) is 0 Å². The Bertz CT molecular complexity index is 580. The first kappa shape index (κ1) is 11.6. The van der Waals surface area contributed by atoms with Gasteiger partial charge in [-0.05, 0) is 13.0 Å². The van der Waals surface area contributed by atoms with Gasteiger partial charge in [0.05, 0.1) is 5.69 Å². The molecule has 0 unspecified atom stereocenters. The van der Waals surface area contributed by atoms with E-state index >= 15 is 0 Å². The molecule has 5 nitrogen and oxygen atoms in total. The summed E-state index contributed by atoms with van der Waals surface area (Å²) in [5.74, 6) is 0.957. The van der Waals surface area contributed by atoms with Gasteiger partial charge in [-0.1, -0.05) is 11.6 Å². The fourth-order valence-electron chi connectivity index (χ4n) is 2.20. The topological polar surface area (TPSA) is 53.9 Å². The summed E-state index contributed by atoms with van der Waals surface area (Å²) in [4.78, 5) is 6.76. The molecule has 0 amide bonds. The van der Waals surface area contributed by atoms with Crippen LogP contribution in [0.15, 0.2) is 12.3 Å². The number of pyridine rings is 1. The third kappa shape index (κ3) is 2.00. The predicted molar refractivity (Wildman–Crippen MR) is 72.2 cm³/mol. The monoisotopic (exact) mass is 263 g/mol. The molecule has 0 aliphatic carbocycles. The molecule has 2 aromatic rings. The van der Waals surface area contributed by atoms with Crippen LogP contribution in [-0.2, 0) is 0 Å². The molecule has 0 saturated carbocycles. The second-order valence-corrected chi connectivity index (χ2v) is 4.76. The summed E-state index contributed by atoms with van der Waals surface area (Å²) >= 11 is 6.11. The van der Waals surface area contributed by atoms with E-state index < -0.39 is 0 Å². The molecular formula is C12H14ClN5. The smallest absolute Gasteiger partial charge is 0.159 e. The van der Waals surface area contributed by atoms with Crippen LogP contribution in [0.2, 0.25) is 5.15 Å². The van der Waals surface area contributed by atoms with E-state index in [4.69, 9.17) is 11.6 Å². The molecular weight excluding hydrogens is 250 g/mol. The molecule has 2 aromatic heterocycles. The van der Waals surface area contributed by atoms with Crippen molar-refractivity contribution in [3.05, 3.63) is 23.1 Å². The maximum atomic E-state index is 6.11. The molecule has 0 aromatic carbocycles. The molecule has 0 atom stereocenters. The van der Waals surface area contributed by atoms with E-state index in [1.807, 2.05) is 19.2 Å². The molecule has 1 fully saturated rings. The van der Waals surface area contributed by atoms with Gasteiger partial charge in [-0.3, -0.25) is 0 Å². The highest BCUT2D eigenvalue weighted by Gasteiger charge is 2.13. The van der Waals surface area contributed by atoms with Crippen molar-refractivity contribution >= 4 is 28.2 Å². The number of hydrogen-bond acceptors (Lipinski definition) is 5. The summed E-state index contributed by atoms with van der Waals surface area (Å²) in [6, 6.07) is 2.00. The lowest BCUT2D eigenvalue weighted by atomic mass is 10.2. The van der Waals surface area contributed by atoms with Gasteiger partial charge < -0.3 is 10.2 Å². The Morgan fingerprint density at radius 3 is 2.78 bits per heavy atom. The minimum atomic E-state index is 0.439. The lowest BCUT2D eigenvalue weighted by Gasteiger charge is -2.28. The average molecular weight is 264 g/mol. The van der Waals surface area contributed by atoms with Crippen molar-refractivity contribution in [1.82, 2.24) is 20.5 Å². The van der Waals surface area contributed by atoms with Crippen molar-refractivity contribution in [3.63, 3.8) is 0 Å². The molecule has 1 aliphatic rings. The van der Waals surface area contributed by atoms with Crippen molar-refractivity contribution in [1.29, 1.82) is 0 Å². The van der Waals surface area contributed by atoms with Crippen LogP contribution in [0.4, 0.5) is 5.82 Å². The van der Waals surface area contributed by atoms with Crippen LogP contribution < -0.4 is 10.2 Å². The summed E-state index contributed by atoms with van der Waals surface area (Å²) in [6.45, 7) is 5.82. The highest BCUT2D eigenvalue weighted by Crippen LogP contribution is 2.25. The fourth-order valence-corrected chi connectivity index (χ4v) is 2.39. The first-order valence-electron chi connectivity index (χ1n) is 6.00. The summed E-state index contributed by atoms with van der Waals surface area (Å²) in [7, 11) is 0. The Morgan fingerprint density at radius 1 is 1.22 bits per heavy atom. The zero-order chi connectivity index (χ0) is 12.5. The third-order valence-corrected chi connectivity index (χ3v) is 3.51. The second kappa shape index (κ2) is 4.66. The number of halogens is 1. The van der Waals surface area contributed by atoms with Crippen LogP contribution in [0.1, 0.15) is 5.69 Å². The van der Waals surface area contributed by atoms with E-state index in [0.29, 0.717) is 5.15 Å². The van der Waals surface area contributed by atoms with Crippen molar-refractivity contribution in [2.24, 2.45) is 0 Å². The van der Waals surface area contributed by atoms with Gasteiger partial charge in [0, 0.05) is 43.1 Å². The number of fused-ring (bicyclic) bond motifs is 1. The predicted octanol–water partition coefficient (Wildman–Crippen LogP) is 1.40. The molecule has 0 bridgehead atoms. The fraction of sp³-hybridized carbons (Fsp3) is 0.417. The molecule has 18 heavy (non-hydrogen) atoms. The van der Waals surface area contributed by atoms with E-state index in [1.54, 1.807) is 0 Å². The Morgan fingerprint density at radius 2 is 2.00 bits per heavy atom. The third-order valence-electron chi connectivity index (χ3n) is 3.23. The standard InChI is InChI=1S/C12H14ClN5/c1-8-10-7-15-11(18-4-2-14-3-5-18)6-9(10)12(13)17-16-8/h6-7,14H,2-5H2,1H3. The number of rotatable bonds is 1. The van der Waals surface area contributed by atoms with Crippen LogP contribution in [0.25, 0.3) is 10.8 Å². The quantitative estimate of drug-likeness (QED) is 0.843. The van der Waals surface area contributed by atoms with Gasteiger partial charge in [0.15, 0.2) is 5.15 Å². The highest BCUT2D eigenvalue weighted by atomic mass is 35.5. The molecule has 94 valence electrons. The van der Waals surface area contributed by atoms with Gasteiger partial charge in [-0.15, -0.1) is 5.10 Å². The number of nitrogens with one attached hydrogen (secondary N) is 1. The average Bonchev–Trinajstić information content (AvgIpc) is 2.44. The lowest BCUT2D eigenvalue weighted by Crippen LogP contribution is -2.43. The van der Waals surface area contributed by atoms with Crippen molar-refractivity contribution in [2.75, 3.05) is 31.1 Å². The van der Waals surface area contributed by atoms with Gasteiger partial charge >= 0.3 is 0 Å². The molecule has 3 heterocycles. The zero-order valence-electron chi connectivity index (χ0n) is 10.1. The van der Waals surface area contributed by atoms with Crippen molar-refractivity contribution in [2.45, 2.75) is 6.92 Å². The Kier molecular flexibility index (Phi) is 3.01. The number of piperazine rings is 1. The number of aryl methyl sites for hydroxylation is 1. The van der Waals surface area contributed by atoms with Gasteiger partial charge in [-0.2, -0.15) is 5.10 Å². The largest absolute Gasteiger partial charge is 0.354 e. The van der Waals surface area contributed by atoms with Crippen LogP contribution in [-0.4, -0.2) is 41.4 Å². The highest BCUT2D eigenvalue weighted by molar-refractivity contribution is 6.34. The minimum Gasteiger partial charge on any atom is -0.354 e. The summed E-state index contributed by atoms with van der Waals surface area (Å²) in [5, 5.41) is 13.6. The number of hydrogen-bond donors (Lipinski definition) is 1. The molecule has 3 rings (SSSR count). The van der Waals surface area contributed by atoms with E-state index in [0.717, 1.165) is 48.5 Å². The van der Waals surface area contributed by atoms with Gasteiger partial charge in [-0.25, -0.2) is 4.98 Å². The number of nitrogens with zero attached hydrogens (tertiary/aromatic N) is 4. The second-order valence-electron chi connectivity index (χ2n) is 4.40. The van der Waals surface area contributed by atoms with E-state index in [9.17, 15) is 0 Å². The summed E-state index contributed by atoms with van der Waals surface area (Å²) < 4.78 is 0. The molecule has 1 aliphatic heterocycles. The molecule has 1 N–H and O–H groups in total. The first-order chi connectivity index (χ1) is 8.75. The lowest BCUT2D eigenvalue weighted by molar-refractivity contribution is 0.585. The maximum absolute atomic E-state index is 6.11. The Hall–Kier alpha value is -1.46. The van der Waals surface area contributed by atoms with Crippen LogP contribution in [0.5, 0.6) is 0 Å². The zero-order valence-corrected chi connectivity index (χ0v) is 10.9. The Labute approximate surface area is 110 Å². The minimum absolute atomic E-state index is 0.439. The summed E-state index contributed by atoms with van der Waals surface area (Å²) in [6.07, 6.45) is 1.84. The van der Waals surface area contributed by atoms with Gasteiger partial charge in [0.2, 0.25) is 0 Å².